The first-order chi connectivity index (χ1) is 10.2. The summed E-state index contributed by atoms with van der Waals surface area (Å²) in [6.45, 7) is 0. The summed E-state index contributed by atoms with van der Waals surface area (Å²) < 4.78 is 15.6. The van der Waals surface area contributed by atoms with Crippen molar-refractivity contribution in [3.05, 3.63) is 59.9 Å². The van der Waals surface area contributed by atoms with Crippen LogP contribution in [0.4, 0.5) is 4.39 Å². The van der Waals surface area contributed by atoms with Gasteiger partial charge in [0.15, 0.2) is 0 Å². The van der Waals surface area contributed by atoms with Crippen LogP contribution in [0.5, 0.6) is 0 Å². The summed E-state index contributed by atoms with van der Waals surface area (Å²) >= 11 is 0. The maximum atomic E-state index is 13.5. The molecule has 21 heavy (non-hydrogen) atoms. The van der Waals surface area contributed by atoms with E-state index in [0.717, 1.165) is 32.6 Å². The minimum atomic E-state index is -0.287. The van der Waals surface area contributed by atoms with Gasteiger partial charge in [-0.1, -0.05) is 18.2 Å². The molecule has 1 heterocycles. The van der Waals surface area contributed by atoms with E-state index in [1.165, 1.54) is 12.1 Å². The number of hydrogen-bond donors (Lipinski definition) is 0. The Morgan fingerprint density at radius 1 is 1.05 bits per heavy atom. The number of rotatable bonds is 0. The van der Waals surface area contributed by atoms with Crippen molar-refractivity contribution in [2.45, 2.75) is 0 Å². The molecule has 0 saturated heterocycles. The highest BCUT2D eigenvalue weighted by Crippen LogP contribution is 2.36. The van der Waals surface area contributed by atoms with Crippen molar-refractivity contribution in [3.63, 3.8) is 0 Å². The topological polar surface area (TPSA) is 28.7 Å². The van der Waals surface area contributed by atoms with Gasteiger partial charge >= 0.3 is 0 Å². The summed E-state index contributed by atoms with van der Waals surface area (Å²) in [7, 11) is 1.98. The smallest absolute Gasteiger partial charge is 0.123 e. The van der Waals surface area contributed by atoms with E-state index >= 15 is 0 Å². The average molecular weight is 274 g/mol. The minimum absolute atomic E-state index is 0.287. The van der Waals surface area contributed by atoms with Crippen molar-refractivity contribution in [1.29, 1.82) is 5.26 Å². The molecule has 4 rings (SSSR count). The summed E-state index contributed by atoms with van der Waals surface area (Å²) in [6.07, 6.45) is 0. The first-order valence-corrected chi connectivity index (χ1v) is 6.70. The molecule has 0 amide bonds. The summed E-state index contributed by atoms with van der Waals surface area (Å²) in [5, 5.41) is 13.2. The molecule has 0 spiro atoms. The number of nitriles is 1. The summed E-state index contributed by atoms with van der Waals surface area (Å²) in [5.41, 5.74) is 2.63. The average Bonchev–Trinajstić information content (AvgIpc) is 2.80. The lowest BCUT2D eigenvalue weighted by molar-refractivity contribution is 0.630. The maximum Gasteiger partial charge on any atom is 0.123 e. The van der Waals surface area contributed by atoms with Crippen LogP contribution in [0.2, 0.25) is 0 Å². The molecular formula is C18H11FN2. The van der Waals surface area contributed by atoms with E-state index in [0.29, 0.717) is 5.56 Å². The Hall–Kier alpha value is -2.86. The van der Waals surface area contributed by atoms with Crippen molar-refractivity contribution in [2.75, 3.05) is 0 Å². The molecule has 0 fully saturated rings. The largest absolute Gasteiger partial charge is 0.343 e. The Kier molecular flexibility index (Phi) is 2.31. The van der Waals surface area contributed by atoms with E-state index in [4.69, 9.17) is 0 Å². The fraction of sp³-hybridized carbons (Fsp3) is 0.0556. The number of aryl methyl sites for hydroxylation is 1. The molecular weight excluding hydrogens is 263 g/mol. The van der Waals surface area contributed by atoms with E-state index < -0.39 is 0 Å². The van der Waals surface area contributed by atoms with E-state index in [9.17, 15) is 9.65 Å². The highest BCUT2D eigenvalue weighted by atomic mass is 19.1. The van der Waals surface area contributed by atoms with Crippen LogP contribution in [0.25, 0.3) is 32.6 Å². The van der Waals surface area contributed by atoms with E-state index in [2.05, 4.69) is 10.6 Å². The van der Waals surface area contributed by atoms with E-state index in [1.54, 1.807) is 12.1 Å². The van der Waals surface area contributed by atoms with Crippen LogP contribution < -0.4 is 0 Å². The first kappa shape index (κ1) is 11.9. The lowest BCUT2D eigenvalue weighted by atomic mass is 10.0. The van der Waals surface area contributed by atoms with Gasteiger partial charge in [-0.25, -0.2) is 4.39 Å². The third-order valence-corrected chi connectivity index (χ3v) is 4.07. The van der Waals surface area contributed by atoms with Crippen molar-refractivity contribution in [3.8, 4) is 6.07 Å². The molecule has 2 nitrogen and oxygen atoms in total. The Labute approximate surface area is 120 Å². The predicted octanol–water partition coefficient (Wildman–Crippen LogP) is 4.50. The van der Waals surface area contributed by atoms with Gasteiger partial charge in [0.25, 0.3) is 0 Å². The van der Waals surface area contributed by atoms with Crippen molar-refractivity contribution in [1.82, 2.24) is 4.57 Å². The number of fused-ring (bicyclic) bond motifs is 5. The molecule has 0 radical (unpaired) electrons. The van der Waals surface area contributed by atoms with Gasteiger partial charge in [0.05, 0.1) is 17.1 Å². The van der Waals surface area contributed by atoms with Crippen molar-refractivity contribution < 1.29 is 4.39 Å². The van der Waals surface area contributed by atoms with Crippen LogP contribution in [0, 0.1) is 17.1 Å². The van der Waals surface area contributed by atoms with Crippen molar-refractivity contribution in [2.24, 2.45) is 7.05 Å². The summed E-state index contributed by atoms with van der Waals surface area (Å²) in [4.78, 5) is 0. The highest BCUT2D eigenvalue weighted by Gasteiger charge is 2.15. The highest BCUT2D eigenvalue weighted by molar-refractivity contribution is 6.19. The third kappa shape index (κ3) is 1.50. The minimum Gasteiger partial charge on any atom is -0.343 e. The van der Waals surface area contributed by atoms with Gasteiger partial charge < -0.3 is 4.57 Å². The Bertz CT molecular complexity index is 1070. The fourth-order valence-corrected chi connectivity index (χ4v) is 3.17. The van der Waals surface area contributed by atoms with Crippen LogP contribution >= 0.6 is 0 Å². The molecule has 0 aliphatic rings. The van der Waals surface area contributed by atoms with Crippen molar-refractivity contribution >= 4 is 32.6 Å². The molecule has 4 aromatic rings. The van der Waals surface area contributed by atoms with Gasteiger partial charge in [0.1, 0.15) is 5.82 Å². The molecule has 0 atom stereocenters. The number of halogens is 1. The lowest BCUT2D eigenvalue weighted by Gasteiger charge is -2.05. The van der Waals surface area contributed by atoms with Crippen LogP contribution in [-0.2, 0) is 7.05 Å². The second-order valence-electron chi connectivity index (χ2n) is 5.20. The second-order valence-corrected chi connectivity index (χ2v) is 5.20. The van der Waals surface area contributed by atoms with Gasteiger partial charge in [-0.3, -0.25) is 0 Å². The monoisotopic (exact) mass is 274 g/mol. The van der Waals surface area contributed by atoms with Gasteiger partial charge in [0.2, 0.25) is 0 Å². The lowest BCUT2D eigenvalue weighted by Crippen LogP contribution is -1.89. The van der Waals surface area contributed by atoms with Crippen LogP contribution in [0.15, 0.2) is 48.5 Å². The molecule has 0 unspecified atom stereocenters. The molecule has 0 aliphatic carbocycles. The molecule has 0 bridgehead atoms. The maximum absolute atomic E-state index is 13.5. The van der Waals surface area contributed by atoms with E-state index in [1.807, 2.05) is 31.3 Å². The van der Waals surface area contributed by atoms with Gasteiger partial charge in [-0.15, -0.1) is 0 Å². The van der Waals surface area contributed by atoms with Gasteiger partial charge in [-0.05, 0) is 35.7 Å². The molecule has 0 aliphatic heterocycles. The summed E-state index contributed by atoms with van der Waals surface area (Å²) in [5.74, 6) is -0.287. The van der Waals surface area contributed by atoms with Crippen LogP contribution in [0.3, 0.4) is 0 Å². The first-order valence-electron chi connectivity index (χ1n) is 6.70. The van der Waals surface area contributed by atoms with Crippen LogP contribution in [-0.4, -0.2) is 4.57 Å². The van der Waals surface area contributed by atoms with Gasteiger partial charge in [0, 0.05) is 28.7 Å². The van der Waals surface area contributed by atoms with Crippen LogP contribution in [0.1, 0.15) is 5.56 Å². The third-order valence-electron chi connectivity index (χ3n) is 4.07. The number of aromatic nitrogens is 1. The van der Waals surface area contributed by atoms with E-state index in [-0.39, 0.29) is 5.82 Å². The molecule has 3 heteroatoms. The van der Waals surface area contributed by atoms with Gasteiger partial charge in [-0.2, -0.15) is 5.26 Å². The standard InChI is InChI=1S/C18H11FN2/c1-21-16-5-3-2-4-15(16)17-12(10-20)8-11-9-13(19)6-7-14(11)18(17)21/h2-9H,1H3. The SMILES string of the molecule is Cn1c2ccccc2c2c(C#N)cc3cc(F)ccc3c21. The quantitative estimate of drug-likeness (QED) is 0.464. The zero-order chi connectivity index (χ0) is 14.6. The summed E-state index contributed by atoms with van der Waals surface area (Å²) in [6, 6.07) is 16.8. The molecule has 100 valence electrons. The number of benzene rings is 3. The second kappa shape index (κ2) is 4.07. The molecule has 3 aromatic carbocycles. The molecule has 0 saturated carbocycles. The Balaban J connectivity index is 2.40. The zero-order valence-corrected chi connectivity index (χ0v) is 11.4. The molecule has 1 aromatic heterocycles. The predicted molar refractivity (Wildman–Crippen MR) is 82.6 cm³/mol. The number of para-hydroxylation sites is 1. The normalized spacial score (nSPS) is 11.3. The Morgan fingerprint density at radius 3 is 2.67 bits per heavy atom. The number of hydrogen-bond acceptors (Lipinski definition) is 1. The molecule has 0 N–H and O–H groups in total. The Morgan fingerprint density at radius 2 is 1.86 bits per heavy atom. The fourth-order valence-electron chi connectivity index (χ4n) is 3.17. The number of nitrogens with zero attached hydrogens (tertiary/aromatic N) is 2. The zero-order valence-electron chi connectivity index (χ0n) is 11.4.